The van der Waals surface area contributed by atoms with Crippen LogP contribution in [0.15, 0.2) is 231 Å². The van der Waals surface area contributed by atoms with Gasteiger partial charge in [-0.3, -0.25) is 19.3 Å². The number of nitriles is 3. The Morgan fingerprint density at radius 2 is 0.855 bits per heavy atom. The monoisotopic (exact) mass is 1770 g/mol. The summed E-state index contributed by atoms with van der Waals surface area (Å²) in [5.74, 6) is 0.224. The topological polar surface area (TPSA) is 203 Å². The Kier molecular flexibility index (Phi) is 30.3. The Bertz CT molecular complexity index is 5630. The molecule has 3 saturated heterocycles. The summed E-state index contributed by atoms with van der Waals surface area (Å²) in [4.78, 5) is 50.2. The summed E-state index contributed by atoms with van der Waals surface area (Å²) >= 11 is 36.7. The Hall–Kier alpha value is -9.84. The molecule has 2 atom stereocenters. The minimum absolute atomic E-state index is 0.0223. The lowest BCUT2D eigenvalue weighted by Gasteiger charge is -2.44. The molecule has 4 N–H and O–H groups in total. The van der Waals surface area contributed by atoms with Crippen LogP contribution in [0.5, 0.6) is 0 Å². The van der Waals surface area contributed by atoms with Crippen LogP contribution in [0.3, 0.4) is 0 Å². The van der Waals surface area contributed by atoms with Crippen molar-refractivity contribution in [1.29, 1.82) is 15.8 Å². The van der Waals surface area contributed by atoms with Crippen molar-refractivity contribution in [2.45, 2.75) is 159 Å². The third kappa shape index (κ3) is 23.1. The highest BCUT2D eigenvalue weighted by Gasteiger charge is 2.44. The van der Waals surface area contributed by atoms with E-state index in [9.17, 15) is 30.2 Å². The maximum Gasteiger partial charge on any atom is 0.250 e. The molecule has 2 aliphatic carbocycles. The van der Waals surface area contributed by atoms with E-state index in [0.717, 1.165) is 153 Å². The number of hydrogen-bond acceptors (Lipinski definition) is 11. The molecule has 2 saturated carbocycles. The molecule has 21 heteroatoms. The number of rotatable bonds is 24. The maximum absolute atomic E-state index is 13.0. The largest absolute Gasteiger partial charge is 0.361 e. The van der Waals surface area contributed by atoms with E-state index in [1.54, 1.807) is 60.7 Å². The van der Waals surface area contributed by atoms with Gasteiger partial charge in [0.05, 0.1) is 46.1 Å². The summed E-state index contributed by atoms with van der Waals surface area (Å²) < 4.78 is 13.1. The number of benzene rings is 10. The number of carbonyl (C=O) groups excluding carboxylic acids is 3. The molecule has 124 heavy (non-hydrogen) atoms. The van der Waals surface area contributed by atoms with Gasteiger partial charge in [0, 0.05) is 116 Å². The number of halogens is 6. The maximum atomic E-state index is 13.0. The number of fused-ring (bicyclic) bond motifs is 1. The standard InChI is InChI=1S/C36H41Cl2N3O2.C35H30Cl2N4O2.C32H33Cl2N3O/c1-4-35(2,3)29-12-13-33(19-29)41-16-14-36(15-17-41,43-24-34(42)40-32-21-30(37)20-31(38)22-32)28-10-8-26(9-11-28)27-7-5-6-25(18-27)23-39;36-29-17-30(37)19-31(18-29)40-34(42)23-43-35(28-10-8-25(9-11-28)26-5-3-4-24(16-26)20-38)12-14-41(15-13-35)22-27-21-39-33-7-2-1-6-32(27)33;33-27-19-28(34)21-29(20-27)36-31(38)12-13-32(14-16-37(17-15-32)30-6-1-2-7-30)26-10-8-24(9-11-26)25-5-3-4-23(18-25)22-35/h5-11,18,20-22,29,33H,4,12-17,19,24H2,1-3H3,(H,40,42);1-11,16-19,21,39H,12-15,22-23H2,(H,40,42);3-5,8-11,18-21,30H,1-2,6-7,12-17H2,(H,36,38). The lowest BCUT2D eigenvalue weighted by atomic mass is 9.69. The average molecular weight is 1770 g/mol. The third-order valence-corrected chi connectivity index (χ3v) is 27.7. The van der Waals surface area contributed by atoms with Crippen LogP contribution in [0.1, 0.15) is 162 Å². The highest BCUT2D eigenvalue weighted by molar-refractivity contribution is 6.36. The summed E-state index contributed by atoms with van der Waals surface area (Å²) in [7, 11) is 0. The van der Waals surface area contributed by atoms with Crippen LogP contribution < -0.4 is 16.0 Å². The highest BCUT2D eigenvalue weighted by Crippen LogP contribution is 2.48. The van der Waals surface area contributed by atoms with Gasteiger partial charge >= 0.3 is 0 Å². The van der Waals surface area contributed by atoms with E-state index in [0.29, 0.717) is 81.8 Å². The first kappa shape index (κ1) is 90.4. The molecule has 0 bridgehead atoms. The fourth-order valence-electron chi connectivity index (χ4n) is 18.9. The molecule has 5 fully saturated rings. The van der Waals surface area contributed by atoms with Gasteiger partial charge in [-0.15, -0.1) is 0 Å². The van der Waals surface area contributed by atoms with E-state index < -0.39 is 11.2 Å². The number of ether oxygens (including phenoxy) is 2. The lowest BCUT2D eigenvalue weighted by molar-refractivity contribution is -0.135. The van der Waals surface area contributed by atoms with Crippen LogP contribution in [-0.2, 0) is 47.0 Å². The number of aromatic nitrogens is 1. The van der Waals surface area contributed by atoms with Gasteiger partial charge in [0.1, 0.15) is 13.2 Å². The van der Waals surface area contributed by atoms with E-state index in [-0.39, 0.29) is 36.4 Å². The van der Waals surface area contributed by atoms with Crippen LogP contribution in [0.25, 0.3) is 44.3 Å². The predicted molar refractivity (Wildman–Crippen MR) is 503 cm³/mol. The first-order valence-electron chi connectivity index (χ1n) is 43.1. The lowest BCUT2D eigenvalue weighted by Crippen LogP contribution is -2.48. The SMILES string of the molecule is CCC(C)(C)C1CCC(N2CCC(OCC(=O)Nc3cc(Cl)cc(Cl)c3)(c3ccc(-c4cccc(C#N)c4)cc3)CC2)C1.N#Cc1cccc(-c2ccc(C3(CCC(=O)Nc4cc(Cl)cc(Cl)c4)CCN(C4CCCC4)CC3)cc2)c1.N#Cc1cccc(-c2ccc(C3(OCC(=O)Nc4cc(Cl)cc(Cl)c4)CCN(Cc4c[nH]c5ccccc45)CC3)cc2)c1. The number of nitrogens with zero attached hydrogens (tertiary/aromatic N) is 6. The summed E-state index contributed by atoms with van der Waals surface area (Å²) in [6.45, 7) is 13.4. The smallest absolute Gasteiger partial charge is 0.250 e. The molecule has 0 radical (unpaired) electrons. The fraction of sp³-hybridized carbons (Fsp3) is 0.340. The van der Waals surface area contributed by atoms with Crippen LogP contribution in [-0.4, -0.2) is 102 Å². The quantitative estimate of drug-likeness (QED) is 0.0448. The zero-order chi connectivity index (χ0) is 87.0. The normalized spacial score (nSPS) is 17.7. The molecule has 638 valence electrons. The van der Waals surface area contributed by atoms with Gasteiger partial charge in [0.2, 0.25) is 17.7 Å². The van der Waals surface area contributed by atoms with Crippen molar-refractivity contribution < 1.29 is 23.9 Å². The average Bonchev–Trinajstić information content (AvgIpc) is 1.42. The molecule has 11 aromatic rings. The van der Waals surface area contributed by atoms with Crippen molar-refractivity contribution in [3.8, 4) is 51.6 Å². The number of nitrogens with one attached hydrogen (secondary N) is 4. The molecule has 5 aliphatic rings. The number of piperidine rings is 3. The Morgan fingerprint density at radius 3 is 1.29 bits per heavy atom. The highest BCUT2D eigenvalue weighted by atomic mass is 35.5. The molecular formula is C103H104Cl6N10O5. The van der Waals surface area contributed by atoms with Gasteiger partial charge in [-0.25, -0.2) is 0 Å². The molecule has 16 rings (SSSR count). The molecule has 2 unspecified atom stereocenters. The second-order valence-electron chi connectivity index (χ2n) is 34.4. The van der Waals surface area contributed by atoms with Crippen LogP contribution in [0.2, 0.25) is 30.1 Å². The minimum atomic E-state index is -0.632. The second-order valence-corrected chi connectivity index (χ2v) is 37.0. The number of likely N-dealkylation sites (tertiary alicyclic amines) is 3. The number of amides is 3. The summed E-state index contributed by atoms with van der Waals surface area (Å²) in [5, 5.41) is 40.7. The number of para-hydroxylation sites is 1. The first-order chi connectivity index (χ1) is 59.9. The number of H-pyrrole nitrogens is 1. The zero-order valence-corrected chi connectivity index (χ0v) is 74.9. The zero-order valence-electron chi connectivity index (χ0n) is 70.3. The molecule has 4 heterocycles. The molecule has 1 aromatic heterocycles. The molecule has 3 aliphatic heterocycles. The van der Waals surface area contributed by atoms with Gasteiger partial charge in [-0.2, -0.15) is 15.8 Å². The summed E-state index contributed by atoms with van der Waals surface area (Å²) in [6, 6.07) is 79.8. The second kappa shape index (κ2) is 41.5. The third-order valence-electron chi connectivity index (χ3n) is 26.4. The van der Waals surface area contributed by atoms with E-state index in [1.807, 2.05) is 72.8 Å². The Balaban J connectivity index is 0.000000152. The van der Waals surface area contributed by atoms with Crippen LogP contribution >= 0.6 is 69.6 Å². The van der Waals surface area contributed by atoms with Gasteiger partial charge in [-0.05, 0) is 260 Å². The van der Waals surface area contributed by atoms with E-state index >= 15 is 0 Å². The predicted octanol–water partition coefficient (Wildman–Crippen LogP) is 25.5. The van der Waals surface area contributed by atoms with Crippen molar-refractivity contribution in [3.05, 3.63) is 300 Å². The molecule has 3 amide bonds. The molecule has 10 aromatic carbocycles. The minimum Gasteiger partial charge on any atom is -0.361 e. The van der Waals surface area contributed by atoms with Crippen LogP contribution in [0, 0.1) is 45.3 Å². The van der Waals surface area contributed by atoms with Crippen molar-refractivity contribution in [2.24, 2.45) is 11.3 Å². The van der Waals surface area contributed by atoms with Gasteiger partial charge in [-0.1, -0.05) is 237 Å². The van der Waals surface area contributed by atoms with Crippen molar-refractivity contribution >= 4 is 115 Å². The fourth-order valence-corrected chi connectivity index (χ4v) is 20.5. The number of carbonyl (C=O) groups is 3. The van der Waals surface area contributed by atoms with Crippen molar-refractivity contribution in [2.75, 3.05) is 68.4 Å². The Morgan fingerprint density at radius 1 is 0.452 bits per heavy atom. The van der Waals surface area contributed by atoms with Gasteiger partial charge in [0.15, 0.2) is 0 Å². The summed E-state index contributed by atoms with van der Waals surface area (Å²) in [5.41, 5.74) is 14.7. The van der Waals surface area contributed by atoms with Crippen molar-refractivity contribution in [1.82, 2.24) is 19.7 Å². The number of aromatic amines is 1. The van der Waals surface area contributed by atoms with E-state index in [2.05, 4.69) is 172 Å². The first-order valence-corrected chi connectivity index (χ1v) is 45.4. The molecular weight excluding hydrogens is 1670 g/mol. The number of hydrogen-bond donors (Lipinski definition) is 4. The van der Waals surface area contributed by atoms with Crippen LogP contribution in [0.4, 0.5) is 17.1 Å². The number of anilines is 3. The van der Waals surface area contributed by atoms with Gasteiger partial charge < -0.3 is 40.2 Å². The molecule has 15 nitrogen and oxygen atoms in total. The van der Waals surface area contributed by atoms with E-state index in [1.165, 1.54) is 67.9 Å². The molecule has 0 spiro atoms. The van der Waals surface area contributed by atoms with E-state index in [4.69, 9.17) is 79.1 Å². The summed E-state index contributed by atoms with van der Waals surface area (Å²) in [6.07, 6.45) is 18.8. The Labute approximate surface area is 758 Å². The van der Waals surface area contributed by atoms with Crippen molar-refractivity contribution in [3.63, 3.8) is 0 Å². The van der Waals surface area contributed by atoms with Gasteiger partial charge in [0.25, 0.3) is 0 Å².